The quantitative estimate of drug-likeness (QED) is 0.517. The summed E-state index contributed by atoms with van der Waals surface area (Å²) in [5, 5.41) is 3.24. The van der Waals surface area contributed by atoms with Gasteiger partial charge in [0, 0.05) is 6.61 Å². The summed E-state index contributed by atoms with van der Waals surface area (Å²) < 4.78 is 11.0. The van der Waals surface area contributed by atoms with E-state index in [0.29, 0.717) is 12.7 Å². The summed E-state index contributed by atoms with van der Waals surface area (Å²) in [5.74, 6) is -0.155. The van der Waals surface area contributed by atoms with Crippen LogP contribution in [0.1, 0.15) is 59.3 Å². The Labute approximate surface area is 117 Å². The van der Waals surface area contributed by atoms with E-state index < -0.39 is 5.54 Å². The number of likely N-dealkylation sites (N-methyl/N-ethyl adjacent to an activating group) is 1. The average molecular weight is 271 g/mol. The summed E-state index contributed by atoms with van der Waals surface area (Å²) in [7, 11) is 0. The molecule has 0 aromatic heterocycles. The normalized spacial score (nSPS) is 19.3. The molecule has 112 valence electrons. The molecular formula is C15H29NO3. The van der Waals surface area contributed by atoms with E-state index in [2.05, 4.69) is 5.32 Å². The summed E-state index contributed by atoms with van der Waals surface area (Å²) in [6, 6.07) is 0. The van der Waals surface area contributed by atoms with Crippen LogP contribution in [0, 0.1) is 0 Å². The maximum atomic E-state index is 12.0. The number of hydrogen-bond acceptors (Lipinski definition) is 4. The lowest BCUT2D eigenvalue weighted by Crippen LogP contribution is -2.50. The summed E-state index contributed by atoms with van der Waals surface area (Å²) in [6.45, 7) is 7.70. The third kappa shape index (κ3) is 5.49. The second kappa shape index (κ2) is 8.54. The van der Waals surface area contributed by atoms with Crippen LogP contribution < -0.4 is 5.32 Å². The van der Waals surface area contributed by atoms with Crippen LogP contribution in [0.2, 0.25) is 0 Å². The molecule has 1 fully saturated rings. The lowest BCUT2D eigenvalue weighted by molar-refractivity contribution is -0.151. The van der Waals surface area contributed by atoms with Crippen LogP contribution in [0.15, 0.2) is 0 Å². The van der Waals surface area contributed by atoms with Crippen molar-refractivity contribution < 1.29 is 14.3 Å². The van der Waals surface area contributed by atoms with E-state index >= 15 is 0 Å². The number of hydrogen-bond donors (Lipinski definition) is 1. The van der Waals surface area contributed by atoms with Crippen molar-refractivity contribution in [3.05, 3.63) is 0 Å². The fourth-order valence-electron chi connectivity index (χ4n) is 2.67. The molecule has 0 aliphatic heterocycles. The number of rotatable bonds is 9. The Morgan fingerprint density at radius 2 is 2.00 bits per heavy atom. The highest BCUT2D eigenvalue weighted by molar-refractivity contribution is 5.80. The zero-order valence-corrected chi connectivity index (χ0v) is 12.7. The number of nitrogens with one attached hydrogen (secondary N) is 1. The van der Waals surface area contributed by atoms with Crippen LogP contribution in [-0.2, 0) is 14.3 Å². The van der Waals surface area contributed by atoms with E-state index in [1.54, 1.807) is 0 Å². The number of carbonyl (C=O) groups is 1. The maximum absolute atomic E-state index is 12.0. The zero-order valence-electron chi connectivity index (χ0n) is 12.7. The topological polar surface area (TPSA) is 47.6 Å². The molecule has 0 spiro atoms. The Morgan fingerprint density at radius 3 is 2.58 bits per heavy atom. The molecule has 1 aliphatic rings. The number of esters is 1. The Morgan fingerprint density at radius 1 is 1.32 bits per heavy atom. The van der Waals surface area contributed by atoms with Gasteiger partial charge in [-0.3, -0.25) is 4.79 Å². The zero-order chi connectivity index (χ0) is 14.1. The molecule has 0 aromatic rings. The summed E-state index contributed by atoms with van der Waals surface area (Å²) >= 11 is 0. The van der Waals surface area contributed by atoms with Crippen LogP contribution in [0.3, 0.4) is 0 Å². The molecule has 4 nitrogen and oxygen atoms in total. The van der Waals surface area contributed by atoms with Crippen molar-refractivity contribution in [1.29, 1.82) is 0 Å². The lowest BCUT2D eigenvalue weighted by atomic mass is 9.96. The van der Waals surface area contributed by atoms with Crippen LogP contribution in [0.25, 0.3) is 0 Å². The summed E-state index contributed by atoms with van der Waals surface area (Å²) in [6.07, 6.45) is 7.08. The molecule has 0 radical (unpaired) electrons. The van der Waals surface area contributed by atoms with Gasteiger partial charge < -0.3 is 14.8 Å². The van der Waals surface area contributed by atoms with E-state index in [-0.39, 0.29) is 5.97 Å². The fourth-order valence-corrected chi connectivity index (χ4v) is 2.67. The standard InChI is InChI=1S/C15H29NO3/c1-4-16-15(3,14(17)18-5-2)11-8-12-19-13-9-6-7-10-13/h13,16H,4-12H2,1-3H3. The Balaban J connectivity index is 2.29. The van der Waals surface area contributed by atoms with Crippen LogP contribution >= 0.6 is 0 Å². The molecular weight excluding hydrogens is 242 g/mol. The van der Waals surface area contributed by atoms with Crippen LogP contribution in [0.4, 0.5) is 0 Å². The van der Waals surface area contributed by atoms with Crippen molar-refractivity contribution in [3.63, 3.8) is 0 Å². The Bertz CT molecular complexity index is 264. The predicted molar refractivity (Wildman–Crippen MR) is 76.2 cm³/mol. The van der Waals surface area contributed by atoms with E-state index in [1.165, 1.54) is 25.7 Å². The van der Waals surface area contributed by atoms with E-state index in [4.69, 9.17) is 9.47 Å². The SMILES string of the molecule is CCNC(C)(CCCOC1CCCC1)C(=O)OCC. The molecule has 1 atom stereocenters. The minimum absolute atomic E-state index is 0.155. The molecule has 1 unspecified atom stereocenters. The van der Waals surface area contributed by atoms with Gasteiger partial charge in [-0.2, -0.15) is 0 Å². The molecule has 4 heteroatoms. The first-order valence-electron chi connectivity index (χ1n) is 7.66. The van der Waals surface area contributed by atoms with Gasteiger partial charge in [0.1, 0.15) is 5.54 Å². The minimum atomic E-state index is -0.580. The molecule has 0 aromatic carbocycles. The van der Waals surface area contributed by atoms with Gasteiger partial charge in [0.05, 0.1) is 12.7 Å². The second-order valence-electron chi connectivity index (χ2n) is 5.46. The highest BCUT2D eigenvalue weighted by Crippen LogP contribution is 2.22. The highest BCUT2D eigenvalue weighted by atomic mass is 16.5. The minimum Gasteiger partial charge on any atom is -0.465 e. The number of carbonyl (C=O) groups excluding carboxylic acids is 1. The molecule has 0 heterocycles. The van der Waals surface area contributed by atoms with Crippen molar-refractivity contribution in [2.75, 3.05) is 19.8 Å². The molecule has 1 N–H and O–H groups in total. The van der Waals surface area contributed by atoms with Crippen LogP contribution in [0.5, 0.6) is 0 Å². The first-order valence-corrected chi connectivity index (χ1v) is 7.66. The molecule has 0 bridgehead atoms. The molecule has 1 rings (SSSR count). The van der Waals surface area contributed by atoms with E-state index in [9.17, 15) is 4.79 Å². The van der Waals surface area contributed by atoms with E-state index in [0.717, 1.165) is 26.0 Å². The molecule has 0 saturated heterocycles. The Kier molecular flexibility index (Phi) is 7.39. The van der Waals surface area contributed by atoms with Crippen molar-refractivity contribution in [3.8, 4) is 0 Å². The van der Waals surface area contributed by atoms with Crippen molar-refractivity contribution in [2.45, 2.75) is 70.9 Å². The average Bonchev–Trinajstić information content (AvgIpc) is 2.88. The summed E-state index contributed by atoms with van der Waals surface area (Å²) in [5.41, 5.74) is -0.580. The first-order chi connectivity index (χ1) is 9.12. The van der Waals surface area contributed by atoms with Gasteiger partial charge in [-0.15, -0.1) is 0 Å². The third-order valence-electron chi connectivity index (χ3n) is 3.77. The van der Waals surface area contributed by atoms with Crippen LogP contribution in [-0.4, -0.2) is 37.4 Å². The first kappa shape index (κ1) is 16.4. The molecule has 19 heavy (non-hydrogen) atoms. The molecule has 0 amide bonds. The van der Waals surface area contributed by atoms with E-state index in [1.807, 2.05) is 20.8 Å². The smallest absolute Gasteiger partial charge is 0.326 e. The van der Waals surface area contributed by atoms with Gasteiger partial charge in [0.15, 0.2) is 0 Å². The van der Waals surface area contributed by atoms with Gasteiger partial charge in [-0.25, -0.2) is 0 Å². The largest absolute Gasteiger partial charge is 0.465 e. The second-order valence-corrected chi connectivity index (χ2v) is 5.46. The highest BCUT2D eigenvalue weighted by Gasteiger charge is 2.33. The maximum Gasteiger partial charge on any atom is 0.326 e. The molecule has 1 aliphatic carbocycles. The summed E-state index contributed by atoms with van der Waals surface area (Å²) in [4.78, 5) is 12.0. The van der Waals surface area contributed by atoms with Crippen molar-refractivity contribution in [2.24, 2.45) is 0 Å². The fraction of sp³-hybridized carbons (Fsp3) is 0.933. The van der Waals surface area contributed by atoms with Gasteiger partial charge in [-0.05, 0) is 46.1 Å². The van der Waals surface area contributed by atoms with Gasteiger partial charge in [0.2, 0.25) is 0 Å². The van der Waals surface area contributed by atoms with Gasteiger partial charge >= 0.3 is 5.97 Å². The van der Waals surface area contributed by atoms with Gasteiger partial charge in [0.25, 0.3) is 0 Å². The Hall–Kier alpha value is -0.610. The monoisotopic (exact) mass is 271 g/mol. The van der Waals surface area contributed by atoms with Gasteiger partial charge in [-0.1, -0.05) is 19.8 Å². The van der Waals surface area contributed by atoms with Crippen molar-refractivity contribution in [1.82, 2.24) is 5.32 Å². The predicted octanol–water partition coefficient (Wildman–Crippen LogP) is 2.66. The number of ether oxygens (including phenoxy) is 2. The molecule has 1 saturated carbocycles. The lowest BCUT2D eigenvalue weighted by Gasteiger charge is -2.28. The third-order valence-corrected chi connectivity index (χ3v) is 3.77. The van der Waals surface area contributed by atoms with Crippen molar-refractivity contribution >= 4 is 5.97 Å².